The molecule has 11 heteroatoms. The lowest BCUT2D eigenvalue weighted by Crippen LogP contribution is -2.62. The summed E-state index contributed by atoms with van der Waals surface area (Å²) in [4.78, 5) is 27.2. The summed E-state index contributed by atoms with van der Waals surface area (Å²) in [5.74, 6) is -3.24. The van der Waals surface area contributed by atoms with Crippen molar-refractivity contribution in [2.24, 2.45) is 5.92 Å². The van der Waals surface area contributed by atoms with Crippen LogP contribution in [0.25, 0.3) is 0 Å². The predicted molar refractivity (Wildman–Crippen MR) is 115 cm³/mol. The van der Waals surface area contributed by atoms with Gasteiger partial charge in [-0.2, -0.15) is 0 Å². The lowest BCUT2D eigenvalue weighted by Gasteiger charge is -2.47. The number of nitrogens with one attached hydrogen (secondary N) is 2. The number of alkyl halides is 3. The van der Waals surface area contributed by atoms with Gasteiger partial charge < -0.3 is 20.1 Å². The highest BCUT2D eigenvalue weighted by Crippen LogP contribution is 2.34. The number of rotatable bonds is 7. The van der Waals surface area contributed by atoms with Crippen LogP contribution in [0.1, 0.15) is 18.1 Å². The van der Waals surface area contributed by atoms with Gasteiger partial charge >= 0.3 is 6.36 Å². The number of ether oxygens (including phenoxy) is 1. The molecular weight excluding hydrogens is 455 g/mol. The van der Waals surface area contributed by atoms with Crippen LogP contribution in [0.3, 0.4) is 0 Å². The molecule has 1 heterocycles. The van der Waals surface area contributed by atoms with Crippen molar-refractivity contribution in [3.63, 3.8) is 0 Å². The van der Waals surface area contributed by atoms with Crippen LogP contribution in [-0.4, -0.2) is 59.1 Å². The van der Waals surface area contributed by atoms with Gasteiger partial charge in [0.2, 0.25) is 5.91 Å². The van der Waals surface area contributed by atoms with Crippen molar-refractivity contribution in [1.29, 1.82) is 0 Å². The van der Waals surface area contributed by atoms with Gasteiger partial charge in [-0.3, -0.25) is 14.8 Å². The van der Waals surface area contributed by atoms with Crippen LogP contribution in [0.2, 0.25) is 0 Å². The molecule has 184 valence electrons. The maximum atomic E-state index is 13.7. The molecule has 0 radical (unpaired) electrons. The Hall–Kier alpha value is -3.15. The van der Waals surface area contributed by atoms with Gasteiger partial charge in [0.15, 0.2) is 0 Å². The minimum absolute atomic E-state index is 0.0344. The molecule has 0 aliphatic carbocycles. The Bertz CT molecular complexity index is 988. The van der Waals surface area contributed by atoms with E-state index in [0.717, 1.165) is 0 Å². The number of hydrogen-bond donors (Lipinski definition) is 4. The first-order valence-corrected chi connectivity index (χ1v) is 10.6. The number of halogens is 3. The molecule has 0 spiro atoms. The zero-order valence-electron chi connectivity index (χ0n) is 18.4. The van der Waals surface area contributed by atoms with Gasteiger partial charge in [-0.15, -0.1) is 13.2 Å². The molecule has 34 heavy (non-hydrogen) atoms. The average Bonchev–Trinajstić information content (AvgIpc) is 2.81. The minimum Gasteiger partial charge on any atom is -0.406 e. The molecule has 3 rings (SSSR count). The Morgan fingerprint density at radius 1 is 1.18 bits per heavy atom. The van der Waals surface area contributed by atoms with Gasteiger partial charge in [-0.05, 0) is 36.6 Å². The number of nitrogens with zero attached hydrogens (tertiary/aromatic N) is 1. The van der Waals surface area contributed by atoms with Crippen molar-refractivity contribution in [2.45, 2.75) is 31.3 Å². The van der Waals surface area contributed by atoms with E-state index in [2.05, 4.69) is 10.1 Å². The van der Waals surface area contributed by atoms with Crippen molar-refractivity contribution >= 4 is 11.8 Å². The zero-order valence-corrected chi connectivity index (χ0v) is 18.4. The molecule has 1 fully saturated rings. The molecule has 3 atom stereocenters. The Morgan fingerprint density at radius 2 is 1.82 bits per heavy atom. The molecule has 2 aromatic carbocycles. The fraction of sp³-hybridized carbons (Fsp3) is 0.391. The number of hydroxylamine groups is 1. The van der Waals surface area contributed by atoms with Crippen LogP contribution < -0.4 is 15.5 Å². The molecule has 1 saturated heterocycles. The Labute approximate surface area is 194 Å². The van der Waals surface area contributed by atoms with E-state index < -0.39 is 41.5 Å². The molecule has 4 N–H and O–H groups in total. The standard InChI is InChI=1S/C23H26F3N3O5/c1-22(16-7-9-17(10-8-16)34-23(24,25)26)14-27-11-12-29(22)21(32)18(19(30)20(31)28-33)13-15-5-3-2-4-6-15/h2-10,18-19,27,30,33H,11-14H2,1H3,(H,28,31)/t18-,19-,22-/m0/s1. The third-order valence-electron chi connectivity index (χ3n) is 5.93. The molecule has 1 aliphatic heterocycles. The SMILES string of the molecule is C[C@@]1(c2ccc(OC(F)(F)F)cc2)CNCCN1C(=O)[C@@H](Cc1ccccc1)[C@H](O)C(=O)NO. The number of hydrogen-bond acceptors (Lipinski definition) is 6. The number of carbonyl (C=O) groups is 2. The van der Waals surface area contributed by atoms with E-state index in [0.29, 0.717) is 24.2 Å². The number of benzene rings is 2. The van der Waals surface area contributed by atoms with E-state index in [-0.39, 0.29) is 13.0 Å². The van der Waals surface area contributed by atoms with Crippen LogP contribution in [-0.2, 0) is 21.5 Å². The molecule has 1 aliphatic rings. The first-order chi connectivity index (χ1) is 16.0. The van der Waals surface area contributed by atoms with Gasteiger partial charge in [0.25, 0.3) is 5.91 Å². The molecule has 2 aromatic rings. The molecule has 0 saturated carbocycles. The fourth-order valence-electron chi connectivity index (χ4n) is 4.14. The Kier molecular flexibility index (Phi) is 7.80. The summed E-state index contributed by atoms with van der Waals surface area (Å²) < 4.78 is 41.5. The van der Waals surface area contributed by atoms with E-state index in [1.165, 1.54) is 34.6 Å². The average molecular weight is 481 g/mol. The summed E-state index contributed by atoms with van der Waals surface area (Å²) >= 11 is 0. The summed E-state index contributed by atoms with van der Waals surface area (Å²) in [6.45, 7) is 2.71. The second-order valence-electron chi connectivity index (χ2n) is 8.23. The van der Waals surface area contributed by atoms with Crippen LogP contribution in [0, 0.1) is 5.92 Å². The monoisotopic (exact) mass is 481 g/mol. The molecule has 8 nitrogen and oxygen atoms in total. The molecule has 0 unspecified atom stereocenters. The summed E-state index contributed by atoms with van der Waals surface area (Å²) in [5.41, 5.74) is 1.65. The number of aliphatic hydroxyl groups excluding tert-OH is 1. The van der Waals surface area contributed by atoms with E-state index in [1.54, 1.807) is 37.3 Å². The van der Waals surface area contributed by atoms with Gasteiger partial charge in [0.1, 0.15) is 11.9 Å². The first kappa shape index (κ1) is 25.5. The van der Waals surface area contributed by atoms with Crippen LogP contribution in [0.4, 0.5) is 13.2 Å². The predicted octanol–water partition coefficient (Wildman–Crippen LogP) is 1.96. The largest absolute Gasteiger partial charge is 0.573 e. The third kappa shape index (κ3) is 5.85. The van der Waals surface area contributed by atoms with E-state index in [1.807, 2.05) is 0 Å². The number of aliphatic hydroxyl groups is 1. The second kappa shape index (κ2) is 10.4. The normalized spacial score (nSPS) is 20.4. The van der Waals surface area contributed by atoms with Gasteiger partial charge in [-0.1, -0.05) is 42.5 Å². The maximum absolute atomic E-state index is 13.7. The Morgan fingerprint density at radius 3 is 2.41 bits per heavy atom. The van der Waals surface area contributed by atoms with Crippen molar-refractivity contribution in [2.75, 3.05) is 19.6 Å². The molecular formula is C23H26F3N3O5. The van der Waals surface area contributed by atoms with Crippen molar-refractivity contribution in [3.8, 4) is 5.75 Å². The zero-order chi connectivity index (χ0) is 24.9. The molecule has 0 bridgehead atoms. The van der Waals surface area contributed by atoms with Gasteiger partial charge in [0, 0.05) is 19.6 Å². The smallest absolute Gasteiger partial charge is 0.406 e. The van der Waals surface area contributed by atoms with Crippen molar-refractivity contribution in [1.82, 2.24) is 15.7 Å². The number of piperazine rings is 1. The maximum Gasteiger partial charge on any atom is 0.573 e. The van der Waals surface area contributed by atoms with Crippen LogP contribution in [0.15, 0.2) is 54.6 Å². The highest BCUT2D eigenvalue weighted by Gasteiger charge is 2.44. The number of amides is 2. The third-order valence-corrected chi connectivity index (χ3v) is 5.93. The highest BCUT2D eigenvalue weighted by molar-refractivity contribution is 5.89. The van der Waals surface area contributed by atoms with Crippen molar-refractivity contribution < 1.29 is 37.8 Å². The van der Waals surface area contributed by atoms with E-state index in [9.17, 15) is 27.9 Å². The summed E-state index contributed by atoms with van der Waals surface area (Å²) in [6, 6.07) is 14.0. The summed E-state index contributed by atoms with van der Waals surface area (Å²) in [7, 11) is 0. The lowest BCUT2D eigenvalue weighted by atomic mass is 9.84. The summed E-state index contributed by atoms with van der Waals surface area (Å²) in [5, 5.41) is 22.8. The quantitative estimate of drug-likeness (QED) is 0.356. The van der Waals surface area contributed by atoms with E-state index in [4.69, 9.17) is 5.21 Å². The minimum atomic E-state index is -4.83. The van der Waals surface area contributed by atoms with Gasteiger partial charge in [-0.25, -0.2) is 5.48 Å². The Balaban J connectivity index is 1.92. The fourth-order valence-corrected chi connectivity index (χ4v) is 4.14. The van der Waals surface area contributed by atoms with Crippen molar-refractivity contribution in [3.05, 3.63) is 65.7 Å². The lowest BCUT2D eigenvalue weighted by molar-refractivity contribution is -0.274. The highest BCUT2D eigenvalue weighted by atomic mass is 19.4. The molecule has 2 amide bonds. The van der Waals surface area contributed by atoms with E-state index >= 15 is 0 Å². The second-order valence-corrected chi connectivity index (χ2v) is 8.23. The van der Waals surface area contributed by atoms with Crippen LogP contribution >= 0.6 is 0 Å². The van der Waals surface area contributed by atoms with Gasteiger partial charge in [0.05, 0.1) is 11.5 Å². The topological polar surface area (TPSA) is 111 Å². The number of carbonyl (C=O) groups excluding carboxylic acids is 2. The summed E-state index contributed by atoms with van der Waals surface area (Å²) in [6.07, 6.45) is -6.61. The van der Waals surface area contributed by atoms with Crippen LogP contribution in [0.5, 0.6) is 5.75 Å². The molecule has 0 aromatic heterocycles. The first-order valence-electron chi connectivity index (χ1n) is 10.6.